The van der Waals surface area contributed by atoms with Crippen LogP contribution in [0.1, 0.15) is 41.6 Å². The van der Waals surface area contributed by atoms with Crippen LogP contribution >= 0.6 is 0 Å². The molecule has 2 aliphatic rings. The van der Waals surface area contributed by atoms with Crippen molar-refractivity contribution in [2.45, 2.75) is 50.4 Å². The van der Waals surface area contributed by atoms with E-state index in [4.69, 9.17) is 0 Å². The molecule has 0 aliphatic heterocycles. The number of amides is 1. The smallest absolute Gasteiger partial charge is 0.268 e. The lowest BCUT2D eigenvalue weighted by atomic mass is 9.93. The number of aryl methyl sites for hydroxylation is 2. The summed E-state index contributed by atoms with van der Waals surface area (Å²) in [5.74, 6) is -4.03. The van der Waals surface area contributed by atoms with Gasteiger partial charge in [-0.2, -0.15) is 0 Å². The second kappa shape index (κ2) is 5.72. The van der Waals surface area contributed by atoms with Gasteiger partial charge in [0.25, 0.3) is 11.5 Å². The Balaban J connectivity index is 1.67. The van der Waals surface area contributed by atoms with Crippen molar-refractivity contribution >= 4 is 11.9 Å². The van der Waals surface area contributed by atoms with E-state index in [9.17, 15) is 18.4 Å². The van der Waals surface area contributed by atoms with Gasteiger partial charge in [0.15, 0.2) is 0 Å². The highest BCUT2D eigenvalue weighted by molar-refractivity contribution is 6.02. The third-order valence-corrected chi connectivity index (χ3v) is 5.31. The maximum absolute atomic E-state index is 14.2. The molecule has 26 heavy (non-hydrogen) atoms. The molecular weight excluding hydrogens is 340 g/mol. The molecule has 1 heterocycles. The number of benzene rings is 1. The van der Waals surface area contributed by atoms with Gasteiger partial charge in [-0.25, -0.2) is 13.8 Å². The zero-order valence-corrected chi connectivity index (χ0v) is 14.4. The molecule has 0 bridgehead atoms. The zero-order chi connectivity index (χ0) is 18.5. The van der Waals surface area contributed by atoms with Crippen LogP contribution in [0.2, 0.25) is 0 Å². The third-order valence-electron chi connectivity index (χ3n) is 5.31. The number of carbonyl (C=O) groups excluding carboxylic acids is 1. The average molecular weight is 359 g/mol. The molecule has 0 saturated heterocycles. The van der Waals surface area contributed by atoms with E-state index in [1.165, 1.54) is 6.07 Å². The molecule has 2 N–H and O–H groups in total. The number of hydrogen-bond acceptors (Lipinski definition) is 3. The van der Waals surface area contributed by atoms with Crippen LogP contribution in [0.5, 0.6) is 0 Å². The highest BCUT2D eigenvalue weighted by Crippen LogP contribution is 2.62. The number of nitrogens with zero attached hydrogens (tertiary/aromatic N) is 1. The summed E-state index contributed by atoms with van der Waals surface area (Å²) in [6.45, 7) is 1.79. The molecule has 4 rings (SSSR count). The van der Waals surface area contributed by atoms with Crippen LogP contribution in [-0.2, 0) is 23.1 Å². The number of H-pyrrole nitrogens is 1. The molecule has 1 aromatic carbocycles. The minimum absolute atomic E-state index is 0.0598. The summed E-state index contributed by atoms with van der Waals surface area (Å²) in [6, 6.07) is 6.59. The second-order valence-corrected chi connectivity index (χ2v) is 7.16. The van der Waals surface area contributed by atoms with E-state index in [0.29, 0.717) is 24.1 Å². The normalized spacial score (nSPS) is 23.2. The third kappa shape index (κ3) is 2.53. The number of hydrogen-bond donors (Lipinski definition) is 2. The van der Waals surface area contributed by atoms with E-state index in [-0.39, 0.29) is 17.1 Å². The van der Waals surface area contributed by atoms with Crippen molar-refractivity contribution < 1.29 is 13.6 Å². The van der Waals surface area contributed by atoms with E-state index in [1.807, 2.05) is 0 Å². The number of aromatic amines is 1. The summed E-state index contributed by atoms with van der Waals surface area (Å²) in [4.78, 5) is 31.7. The number of carbonyl (C=O) groups is 1. The van der Waals surface area contributed by atoms with Gasteiger partial charge in [-0.1, -0.05) is 29.8 Å². The fourth-order valence-electron chi connectivity index (χ4n) is 3.77. The van der Waals surface area contributed by atoms with E-state index in [0.717, 1.165) is 18.4 Å². The van der Waals surface area contributed by atoms with Crippen LogP contribution in [0.15, 0.2) is 29.1 Å². The maximum atomic E-state index is 14.2. The number of anilines is 1. The highest BCUT2D eigenvalue weighted by Gasteiger charge is 2.76. The molecule has 0 radical (unpaired) electrons. The number of rotatable bonds is 3. The number of halogens is 2. The van der Waals surface area contributed by atoms with Crippen molar-refractivity contribution in [1.29, 1.82) is 0 Å². The van der Waals surface area contributed by atoms with Crippen molar-refractivity contribution in [3.8, 4) is 0 Å². The van der Waals surface area contributed by atoms with E-state index in [2.05, 4.69) is 15.3 Å². The minimum atomic E-state index is -3.13. The highest BCUT2D eigenvalue weighted by atomic mass is 19.3. The molecule has 0 spiro atoms. The SMILES string of the molecule is Cc1cccc(C2(C(=O)Nc3nc4c(c(=O)[nH]3)CCCC4)CC2(F)F)c1. The summed E-state index contributed by atoms with van der Waals surface area (Å²) in [7, 11) is 0. The monoisotopic (exact) mass is 359 g/mol. The Labute approximate surface area is 148 Å². The molecule has 1 atom stereocenters. The molecule has 7 heteroatoms. The van der Waals surface area contributed by atoms with Gasteiger partial charge in [0.1, 0.15) is 5.41 Å². The van der Waals surface area contributed by atoms with Gasteiger partial charge in [0.2, 0.25) is 11.9 Å². The van der Waals surface area contributed by atoms with Gasteiger partial charge in [0, 0.05) is 12.0 Å². The maximum Gasteiger partial charge on any atom is 0.268 e. The zero-order valence-electron chi connectivity index (χ0n) is 14.4. The Kier molecular flexibility index (Phi) is 3.71. The van der Waals surface area contributed by atoms with Crippen molar-refractivity contribution in [2.75, 3.05) is 5.32 Å². The standard InChI is InChI=1S/C19H19F2N3O2/c1-11-5-4-6-12(9-11)18(10-19(18,20)21)16(26)24-17-22-14-8-3-2-7-13(14)15(25)23-17/h4-6,9H,2-3,7-8,10H2,1H3,(H2,22,23,24,25,26). The van der Waals surface area contributed by atoms with Crippen molar-refractivity contribution in [3.63, 3.8) is 0 Å². The lowest BCUT2D eigenvalue weighted by Gasteiger charge is -2.18. The predicted molar refractivity (Wildman–Crippen MR) is 92.6 cm³/mol. The first-order valence-electron chi connectivity index (χ1n) is 8.72. The van der Waals surface area contributed by atoms with Gasteiger partial charge in [-0.15, -0.1) is 0 Å². The second-order valence-electron chi connectivity index (χ2n) is 7.16. The quantitative estimate of drug-likeness (QED) is 0.885. The Morgan fingerprint density at radius 2 is 2.00 bits per heavy atom. The van der Waals surface area contributed by atoms with Gasteiger partial charge < -0.3 is 0 Å². The molecule has 1 aromatic heterocycles. The van der Waals surface area contributed by atoms with Crippen LogP contribution in [0.4, 0.5) is 14.7 Å². The van der Waals surface area contributed by atoms with E-state index >= 15 is 0 Å². The number of fused-ring (bicyclic) bond motifs is 1. The summed E-state index contributed by atoms with van der Waals surface area (Å²) in [5, 5.41) is 2.42. The van der Waals surface area contributed by atoms with Crippen LogP contribution in [0.25, 0.3) is 0 Å². The molecule has 2 aliphatic carbocycles. The van der Waals surface area contributed by atoms with Crippen molar-refractivity contribution in [3.05, 3.63) is 57.0 Å². The fraction of sp³-hybridized carbons (Fsp3) is 0.421. The van der Waals surface area contributed by atoms with Crippen molar-refractivity contribution in [1.82, 2.24) is 9.97 Å². The number of aromatic nitrogens is 2. The van der Waals surface area contributed by atoms with Gasteiger partial charge in [0.05, 0.1) is 5.69 Å². The Bertz CT molecular complexity index is 954. The molecule has 5 nitrogen and oxygen atoms in total. The molecular formula is C19H19F2N3O2. The number of nitrogens with one attached hydrogen (secondary N) is 2. The summed E-state index contributed by atoms with van der Waals surface area (Å²) < 4.78 is 28.4. The van der Waals surface area contributed by atoms with Crippen LogP contribution in [0, 0.1) is 6.92 Å². The first-order chi connectivity index (χ1) is 12.3. The molecule has 1 saturated carbocycles. The Morgan fingerprint density at radius 3 is 2.69 bits per heavy atom. The van der Waals surface area contributed by atoms with Gasteiger partial charge in [-0.3, -0.25) is 19.9 Å². The predicted octanol–water partition coefficient (Wildman–Crippen LogP) is 2.87. The largest absolute Gasteiger partial charge is 0.295 e. The molecule has 1 amide bonds. The van der Waals surface area contributed by atoms with Crippen molar-refractivity contribution in [2.24, 2.45) is 0 Å². The lowest BCUT2D eigenvalue weighted by Crippen LogP contribution is -2.35. The number of alkyl halides is 2. The first kappa shape index (κ1) is 16.9. The Morgan fingerprint density at radius 1 is 1.27 bits per heavy atom. The summed E-state index contributed by atoms with van der Waals surface area (Å²) in [5.41, 5.74) is 0.130. The molecule has 2 aromatic rings. The van der Waals surface area contributed by atoms with Crippen LogP contribution in [0.3, 0.4) is 0 Å². The van der Waals surface area contributed by atoms with Crippen LogP contribution in [-0.4, -0.2) is 21.8 Å². The van der Waals surface area contributed by atoms with E-state index < -0.39 is 23.7 Å². The molecule has 1 unspecified atom stereocenters. The lowest BCUT2D eigenvalue weighted by molar-refractivity contribution is -0.121. The van der Waals surface area contributed by atoms with Gasteiger partial charge in [-0.05, 0) is 38.2 Å². The topological polar surface area (TPSA) is 74.8 Å². The molecule has 1 fully saturated rings. The summed E-state index contributed by atoms with van der Waals surface area (Å²) >= 11 is 0. The first-order valence-corrected chi connectivity index (χ1v) is 8.72. The van der Waals surface area contributed by atoms with E-state index in [1.54, 1.807) is 25.1 Å². The average Bonchev–Trinajstić information content (AvgIpc) is 3.19. The molecule has 136 valence electrons. The minimum Gasteiger partial charge on any atom is -0.295 e. The summed E-state index contributed by atoms with van der Waals surface area (Å²) in [6.07, 6.45) is 2.59. The fourth-order valence-corrected chi connectivity index (χ4v) is 3.77. The van der Waals surface area contributed by atoms with Gasteiger partial charge >= 0.3 is 0 Å². The Hall–Kier alpha value is -2.57. The van der Waals surface area contributed by atoms with Crippen LogP contribution < -0.4 is 10.9 Å².